The zero-order valence-electron chi connectivity index (χ0n) is 17.4. The maximum atomic E-state index is 12.3. The first kappa shape index (κ1) is 17.8. The summed E-state index contributed by atoms with van der Waals surface area (Å²) in [6.07, 6.45) is 1.43. The number of hydrogen-bond donors (Lipinski definition) is 2. The van der Waals surface area contributed by atoms with Crippen molar-refractivity contribution < 1.29 is 15.7 Å². The Balaban J connectivity index is 1.44. The summed E-state index contributed by atoms with van der Waals surface area (Å²) < 4.78 is 13.2. The zero-order valence-corrected chi connectivity index (χ0v) is 16.4. The van der Waals surface area contributed by atoms with E-state index in [0.717, 1.165) is 57.9 Å². The van der Waals surface area contributed by atoms with Gasteiger partial charge in [0.25, 0.3) is 0 Å². The number of nitrogens with one attached hydrogen (secondary N) is 2. The van der Waals surface area contributed by atoms with Crippen LogP contribution in [0.25, 0.3) is 0 Å². The monoisotopic (exact) mass is 388 g/mol. The molecule has 3 amide bonds. The maximum absolute atomic E-state index is 12.3. The highest BCUT2D eigenvalue weighted by Gasteiger charge is 2.29. The summed E-state index contributed by atoms with van der Waals surface area (Å²) in [6.45, 7) is 6.97. The molecule has 1 aromatic rings. The van der Waals surface area contributed by atoms with E-state index >= 15 is 0 Å². The molecule has 0 aliphatic carbocycles. The van der Waals surface area contributed by atoms with Crippen LogP contribution < -0.4 is 25.2 Å². The average molecular weight is 388 g/mol. The third-order valence-electron chi connectivity index (χ3n) is 5.82. The Morgan fingerprint density at radius 2 is 2.04 bits per heavy atom. The number of anilines is 2. The molecule has 4 rings (SSSR count). The maximum Gasteiger partial charge on any atom is 0.328 e. The minimum Gasteiger partial charge on any atom is -0.495 e. The number of piperazine rings is 1. The Hall–Kier alpha value is -2.32. The number of rotatable bonds is 5. The minimum atomic E-state index is -0.399. The minimum absolute atomic E-state index is 0.241. The second kappa shape index (κ2) is 8.36. The molecule has 1 aromatic carbocycles. The van der Waals surface area contributed by atoms with E-state index in [-0.39, 0.29) is 12.3 Å². The molecule has 0 spiro atoms. The topological polar surface area (TPSA) is 77.2 Å². The fraction of sp³-hybridized carbons (Fsp3) is 0.600. The molecular formula is C20H29N5O3. The van der Waals surface area contributed by atoms with Gasteiger partial charge in [-0.3, -0.25) is 15.0 Å². The first-order chi connectivity index (χ1) is 14.0. The van der Waals surface area contributed by atoms with E-state index < -0.39 is 6.03 Å². The molecule has 8 heteroatoms. The molecule has 0 aromatic heterocycles. The van der Waals surface area contributed by atoms with Crippen LogP contribution in [0.3, 0.4) is 0 Å². The van der Waals surface area contributed by atoms with E-state index in [9.17, 15) is 9.59 Å². The Morgan fingerprint density at radius 3 is 2.79 bits per heavy atom. The van der Waals surface area contributed by atoms with Crippen LogP contribution in [0.15, 0.2) is 18.2 Å². The highest BCUT2D eigenvalue weighted by molar-refractivity contribution is 6.06. The van der Waals surface area contributed by atoms with E-state index in [2.05, 4.69) is 15.1 Å². The van der Waals surface area contributed by atoms with Crippen molar-refractivity contribution in [3.63, 3.8) is 0 Å². The predicted molar refractivity (Wildman–Crippen MR) is 108 cm³/mol. The quantitative estimate of drug-likeness (QED) is 0.780. The van der Waals surface area contributed by atoms with E-state index in [0.29, 0.717) is 23.9 Å². The highest BCUT2D eigenvalue weighted by atomic mass is 16.5. The molecule has 1 unspecified atom stereocenters. The third-order valence-corrected chi connectivity index (χ3v) is 5.82. The van der Waals surface area contributed by atoms with Gasteiger partial charge in [-0.2, -0.15) is 0 Å². The van der Waals surface area contributed by atoms with Gasteiger partial charge in [0.05, 0.1) is 12.8 Å². The number of urea groups is 1. The van der Waals surface area contributed by atoms with Gasteiger partial charge < -0.3 is 19.8 Å². The second-order valence-electron chi connectivity index (χ2n) is 7.68. The van der Waals surface area contributed by atoms with E-state index in [4.69, 9.17) is 6.15 Å². The van der Waals surface area contributed by atoms with Gasteiger partial charge in [-0.1, -0.05) is 0 Å². The molecule has 0 saturated carbocycles. The lowest BCUT2D eigenvalue weighted by Gasteiger charge is -2.30. The van der Waals surface area contributed by atoms with E-state index in [1.54, 1.807) is 17.3 Å². The van der Waals surface area contributed by atoms with Crippen LogP contribution >= 0.6 is 0 Å². The van der Waals surface area contributed by atoms with Gasteiger partial charge in [0, 0.05) is 64.5 Å². The standard InChI is InChI=1S/C20H29N5O3/c1-28-18-3-2-16(12-17(18)25-9-5-19(26)22-20(25)27)24-8-4-15(14-24)13-23-10-6-21-7-11-23/h2-3,12,15,21H,4-11,13-14H2,1H3,(H,22,26,27)/i/hD. The molecule has 8 nitrogen and oxygen atoms in total. The number of benzene rings is 1. The van der Waals surface area contributed by atoms with Crippen molar-refractivity contribution >= 4 is 23.3 Å². The van der Waals surface area contributed by atoms with Crippen LogP contribution in [-0.4, -0.2) is 76.3 Å². The van der Waals surface area contributed by atoms with Gasteiger partial charge in [0.15, 0.2) is 0 Å². The number of carbonyl (C=O) groups is 2. The van der Waals surface area contributed by atoms with Gasteiger partial charge in [-0.15, -0.1) is 0 Å². The molecule has 0 radical (unpaired) electrons. The predicted octanol–water partition coefficient (Wildman–Crippen LogP) is 0.873. The Bertz CT molecular complexity index is 768. The van der Waals surface area contributed by atoms with Gasteiger partial charge in [-0.05, 0) is 30.5 Å². The number of imide groups is 1. The van der Waals surface area contributed by atoms with Crippen molar-refractivity contribution in [1.29, 1.82) is 0 Å². The molecule has 152 valence electrons. The van der Waals surface area contributed by atoms with Crippen LogP contribution in [0, 0.1) is 5.92 Å². The lowest BCUT2D eigenvalue weighted by atomic mass is 10.1. The molecule has 2 N–H and O–H groups in total. The second-order valence-corrected chi connectivity index (χ2v) is 7.68. The normalized spacial score (nSPS) is 25.0. The molecule has 3 saturated heterocycles. The third kappa shape index (κ3) is 4.07. The highest BCUT2D eigenvalue weighted by Crippen LogP contribution is 2.35. The van der Waals surface area contributed by atoms with Crippen LogP contribution in [0.4, 0.5) is 16.2 Å². The Kier molecular flexibility index (Phi) is 5.30. The summed E-state index contributed by atoms with van der Waals surface area (Å²) in [5, 5.41) is 4.02. The van der Waals surface area contributed by atoms with Crippen LogP contribution in [0.5, 0.6) is 5.75 Å². The summed E-state index contributed by atoms with van der Waals surface area (Å²) in [7, 11) is 1.59. The molecule has 1 atom stereocenters. The van der Waals surface area contributed by atoms with Crippen molar-refractivity contribution in [1.82, 2.24) is 15.5 Å². The first-order valence-electron chi connectivity index (χ1n) is 10.5. The number of methoxy groups -OCH3 is 1. The summed E-state index contributed by atoms with van der Waals surface area (Å²) in [4.78, 5) is 30.2. The van der Waals surface area contributed by atoms with Gasteiger partial charge in [0.2, 0.25) is 5.91 Å². The molecule has 0 bridgehead atoms. The summed E-state index contributed by atoms with van der Waals surface area (Å²) in [5.41, 5.74) is 1.77. The van der Waals surface area contributed by atoms with Crippen molar-refractivity contribution in [2.75, 3.05) is 69.3 Å². The smallest absolute Gasteiger partial charge is 0.328 e. The van der Waals surface area contributed by atoms with Crippen molar-refractivity contribution in [2.45, 2.75) is 12.8 Å². The largest absolute Gasteiger partial charge is 0.495 e. The molecule has 3 aliphatic rings. The van der Waals surface area contributed by atoms with Crippen molar-refractivity contribution in [2.24, 2.45) is 5.92 Å². The number of hydrogen-bond acceptors (Lipinski definition) is 6. The summed E-state index contributed by atoms with van der Waals surface area (Å²) in [6, 6.07) is 5.53. The fourth-order valence-corrected chi connectivity index (χ4v) is 4.29. The van der Waals surface area contributed by atoms with Crippen LogP contribution in [-0.2, 0) is 4.79 Å². The molecule has 3 aliphatic heterocycles. The SMILES string of the molecule is [2H]N1CCN(CC2CCN(c3ccc(OC)c(N4CCC(=O)NC4=O)c3)C2)CC1. The van der Waals surface area contributed by atoms with Crippen LogP contribution in [0.2, 0.25) is 1.41 Å². The first-order valence-corrected chi connectivity index (χ1v) is 10.0. The lowest BCUT2D eigenvalue weighted by Crippen LogP contribution is -2.49. The number of ether oxygens (including phenoxy) is 1. The molecule has 3 fully saturated rings. The van der Waals surface area contributed by atoms with E-state index in [1.165, 1.54) is 0 Å². The molecule has 3 heterocycles. The number of carbonyl (C=O) groups excluding carboxylic acids is 2. The molecular weight excluding hydrogens is 358 g/mol. The van der Waals surface area contributed by atoms with Crippen molar-refractivity contribution in [3.05, 3.63) is 18.2 Å². The Labute approximate surface area is 167 Å². The number of nitrogens with zero attached hydrogens (tertiary/aromatic N) is 3. The lowest BCUT2D eigenvalue weighted by molar-refractivity contribution is -0.120. The van der Waals surface area contributed by atoms with Gasteiger partial charge in [0.1, 0.15) is 7.16 Å². The van der Waals surface area contributed by atoms with Gasteiger partial charge in [-0.25, -0.2) is 4.79 Å². The fourth-order valence-electron chi connectivity index (χ4n) is 4.29. The molecule has 28 heavy (non-hydrogen) atoms. The van der Waals surface area contributed by atoms with E-state index in [1.807, 2.05) is 18.2 Å². The summed E-state index contributed by atoms with van der Waals surface area (Å²) in [5.74, 6) is 0.992. The summed E-state index contributed by atoms with van der Waals surface area (Å²) >= 11 is 0. The van der Waals surface area contributed by atoms with Gasteiger partial charge >= 0.3 is 6.03 Å². The number of amides is 3. The zero-order chi connectivity index (χ0) is 20.4. The van der Waals surface area contributed by atoms with Crippen LogP contribution in [0.1, 0.15) is 12.8 Å². The van der Waals surface area contributed by atoms with Crippen molar-refractivity contribution in [3.8, 4) is 5.75 Å². The average Bonchev–Trinajstić information content (AvgIpc) is 3.18. The Morgan fingerprint density at radius 1 is 1.21 bits per heavy atom.